The molecule has 0 aliphatic heterocycles. The zero-order chi connectivity index (χ0) is 16.6. The minimum Gasteiger partial charge on any atom is -0.367 e. The maximum Gasteiger partial charge on any atom is 0.157 e. The van der Waals surface area contributed by atoms with Gasteiger partial charge < -0.3 is 5.32 Å². The molecule has 0 unspecified atom stereocenters. The van der Waals surface area contributed by atoms with E-state index in [1.807, 2.05) is 18.6 Å². The molecule has 5 rings (SSSR count). The maximum absolute atomic E-state index is 4.91. The Labute approximate surface area is 147 Å². The van der Waals surface area contributed by atoms with Gasteiger partial charge in [0.15, 0.2) is 5.65 Å². The van der Waals surface area contributed by atoms with E-state index in [9.17, 15) is 0 Å². The summed E-state index contributed by atoms with van der Waals surface area (Å²) in [4.78, 5) is 9.16. The van der Waals surface area contributed by atoms with Crippen molar-refractivity contribution in [1.29, 1.82) is 0 Å². The molecule has 126 valence electrons. The highest BCUT2D eigenvalue weighted by Gasteiger charge is 2.23. The maximum atomic E-state index is 4.91. The molecule has 25 heavy (non-hydrogen) atoms. The van der Waals surface area contributed by atoms with E-state index in [4.69, 9.17) is 4.98 Å². The fourth-order valence-electron chi connectivity index (χ4n) is 4.14. The van der Waals surface area contributed by atoms with Crippen LogP contribution in [0, 0.1) is 0 Å². The average Bonchev–Trinajstić information content (AvgIpc) is 3.24. The van der Waals surface area contributed by atoms with Gasteiger partial charge in [-0.05, 0) is 35.6 Å². The summed E-state index contributed by atoms with van der Waals surface area (Å²) in [6, 6.07) is 9.17. The Balaban J connectivity index is 1.57. The van der Waals surface area contributed by atoms with Gasteiger partial charge in [-0.15, -0.1) is 0 Å². The fraction of sp³-hybridized carbons (Fsp3) is 0.333. The van der Waals surface area contributed by atoms with Crippen LogP contribution in [-0.4, -0.2) is 20.4 Å². The molecular formula is C21H22N4. The van der Waals surface area contributed by atoms with Crippen LogP contribution in [0.5, 0.6) is 0 Å². The lowest BCUT2D eigenvalue weighted by Crippen LogP contribution is -2.23. The molecule has 2 aliphatic carbocycles. The van der Waals surface area contributed by atoms with Crippen LogP contribution >= 0.6 is 0 Å². The van der Waals surface area contributed by atoms with Crippen LogP contribution in [0.1, 0.15) is 48.9 Å². The second kappa shape index (κ2) is 6.03. The first-order chi connectivity index (χ1) is 12.4. The van der Waals surface area contributed by atoms with Crippen LogP contribution in [0.3, 0.4) is 0 Å². The van der Waals surface area contributed by atoms with Gasteiger partial charge in [0, 0.05) is 24.9 Å². The highest BCUT2D eigenvalue weighted by atomic mass is 15.2. The Morgan fingerprint density at radius 2 is 1.96 bits per heavy atom. The van der Waals surface area contributed by atoms with Crippen LogP contribution < -0.4 is 5.32 Å². The van der Waals surface area contributed by atoms with Crippen LogP contribution in [0.2, 0.25) is 0 Å². The number of nitrogens with one attached hydrogen (secondary N) is 1. The Hall–Kier alpha value is -2.62. The first kappa shape index (κ1) is 14.7. The van der Waals surface area contributed by atoms with Gasteiger partial charge in [-0.2, -0.15) is 0 Å². The lowest BCUT2D eigenvalue weighted by molar-refractivity contribution is 0.461. The molecule has 0 radical (unpaired) electrons. The second-order valence-corrected chi connectivity index (χ2v) is 7.14. The molecule has 1 N–H and O–H groups in total. The Bertz CT molecular complexity index is 947. The summed E-state index contributed by atoms with van der Waals surface area (Å²) in [6.45, 7) is 0. The molecular weight excluding hydrogens is 308 g/mol. The van der Waals surface area contributed by atoms with Crippen molar-refractivity contribution in [3.8, 4) is 0 Å². The number of rotatable bonds is 3. The van der Waals surface area contributed by atoms with Gasteiger partial charge in [-0.25, -0.2) is 4.98 Å². The minimum atomic E-state index is 0.546. The number of nitrogens with zero attached hydrogens (tertiary/aromatic N) is 3. The summed E-state index contributed by atoms with van der Waals surface area (Å²) in [5, 5.41) is 3.81. The van der Waals surface area contributed by atoms with Crippen LogP contribution in [0.25, 0.3) is 17.3 Å². The van der Waals surface area contributed by atoms with E-state index in [-0.39, 0.29) is 0 Å². The standard InChI is InChI=1S/C21H22N4/c1-2-8-18(9-3-1)23-21-20(24-19-14-22-10-11-25(19)21)17-12-15-6-4-5-7-16(15)13-17/h4-7,10-12,14,18,23H,1-3,8-9,13H2. The number of allylic oxidation sites excluding steroid dienone is 1. The quantitative estimate of drug-likeness (QED) is 0.765. The van der Waals surface area contributed by atoms with E-state index in [0.29, 0.717) is 6.04 Å². The van der Waals surface area contributed by atoms with E-state index < -0.39 is 0 Å². The third-order valence-electron chi connectivity index (χ3n) is 5.45. The van der Waals surface area contributed by atoms with E-state index in [2.05, 4.69) is 45.0 Å². The van der Waals surface area contributed by atoms with Crippen molar-refractivity contribution in [2.24, 2.45) is 0 Å². The molecule has 1 aromatic carbocycles. The van der Waals surface area contributed by atoms with Crippen LogP contribution in [-0.2, 0) is 6.42 Å². The first-order valence-corrected chi connectivity index (χ1v) is 9.26. The molecule has 4 nitrogen and oxygen atoms in total. The summed E-state index contributed by atoms with van der Waals surface area (Å²) in [5.74, 6) is 1.13. The number of hydrogen-bond donors (Lipinski definition) is 1. The average molecular weight is 330 g/mol. The van der Waals surface area contributed by atoms with Gasteiger partial charge in [0.1, 0.15) is 11.5 Å². The van der Waals surface area contributed by atoms with Gasteiger partial charge >= 0.3 is 0 Å². The van der Waals surface area contributed by atoms with Crippen molar-refractivity contribution in [1.82, 2.24) is 14.4 Å². The summed E-state index contributed by atoms with van der Waals surface area (Å²) in [6.07, 6.45) is 15.4. The number of anilines is 1. The third-order valence-corrected chi connectivity index (χ3v) is 5.45. The van der Waals surface area contributed by atoms with Gasteiger partial charge in [-0.3, -0.25) is 9.38 Å². The predicted octanol–water partition coefficient (Wildman–Crippen LogP) is 4.57. The first-order valence-electron chi connectivity index (χ1n) is 9.26. The normalized spacial score (nSPS) is 17.5. The number of fused-ring (bicyclic) bond motifs is 2. The second-order valence-electron chi connectivity index (χ2n) is 7.14. The van der Waals surface area contributed by atoms with Crippen molar-refractivity contribution in [2.75, 3.05) is 5.32 Å². The lowest BCUT2D eigenvalue weighted by Gasteiger charge is -2.24. The number of benzene rings is 1. The Morgan fingerprint density at radius 1 is 1.08 bits per heavy atom. The summed E-state index contributed by atoms with van der Waals surface area (Å²) in [7, 11) is 0. The molecule has 2 aromatic heterocycles. The zero-order valence-electron chi connectivity index (χ0n) is 14.3. The summed E-state index contributed by atoms with van der Waals surface area (Å²) >= 11 is 0. The molecule has 0 spiro atoms. The van der Waals surface area contributed by atoms with Crippen molar-refractivity contribution in [2.45, 2.75) is 44.6 Å². The number of aromatic nitrogens is 3. The van der Waals surface area contributed by atoms with Crippen molar-refractivity contribution < 1.29 is 0 Å². The van der Waals surface area contributed by atoms with E-state index in [0.717, 1.165) is 23.6 Å². The van der Waals surface area contributed by atoms with E-state index in [1.165, 1.54) is 48.8 Å². The Morgan fingerprint density at radius 3 is 2.84 bits per heavy atom. The number of imidazole rings is 1. The molecule has 0 atom stereocenters. The Kier molecular flexibility index (Phi) is 3.54. The summed E-state index contributed by atoms with van der Waals surface area (Å²) in [5.41, 5.74) is 5.98. The molecule has 0 bridgehead atoms. The zero-order valence-corrected chi connectivity index (χ0v) is 14.3. The molecule has 2 aliphatic rings. The molecule has 1 fully saturated rings. The monoisotopic (exact) mass is 330 g/mol. The van der Waals surface area contributed by atoms with Crippen LogP contribution in [0.15, 0.2) is 42.9 Å². The molecule has 4 heteroatoms. The molecule has 0 amide bonds. The van der Waals surface area contributed by atoms with Crippen LogP contribution in [0.4, 0.5) is 5.82 Å². The fourth-order valence-corrected chi connectivity index (χ4v) is 4.14. The van der Waals surface area contributed by atoms with E-state index >= 15 is 0 Å². The third kappa shape index (κ3) is 2.62. The number of hydrogen-bond acceptors (Lipinski definition) is 3. The van der Waals surface area contributed by atoms with Crippen molar-refractivity contribution >= 4 is 23.1 Å². The molecule has 1 saturated carbocycles. The van der Waals surface area contributed by atoms with Gasteiger partial charge in [0.2, 0.25) is 0 Å². The van der Waals surface area contributed by atoms with Crippen molar-refractivity contribution in [3.63, 3.8) is 0 Å². The highest BCUT2D eigenvalue weighted by molar-refractivity contribution is 5.91. The van der Waals surface area contributed by atoms with E-state index in [1.54, 1.807) is 0 Å². The largest absolute Gasteiger partial charge is 0.367 e. The van der Waals surface area contributed by atoms with Gasteiger partial charge in [0.05, 0.1) is 6.20 Å². The van der Waals surface area contributed by atoms with Crippen molar-refractivity contribution in [3.05, 3.63) is 59.7 Å². The smallest absolute Gasteiger partial charge is 0.157 e. The highest BCUT2D eigenvalue weighted by Crippen LogP contribution is 2.35. The topological polar surface area (TPSA) is 42.2 Å². The lowest BCUT2D eigenvalue weighted by atomic mass is 9.95. The van der Waals surface area contributed by atoms with Gasteiger partial charge in [-0.1, -0.05) is 43.5 Å². The molecule has 2 heterocycles. The molecule has 3 aromatic rings. The predicted molar refractivity (Wildman–Crippen MR) is 101 cm³/mol. The van der Waals surface area contributed by atoms with Gasteiger partial charge in [0.25, 0.3) is 0 Å². The SMILES string of the molecule is C1=C(c2nc3cnccn3c2NC2CCCCC2)Cc2ccccc21. The summed E-state index contributed by atoms with van der Waals surface area (Å²) < 4.78 is 2.15. The minimum absolute atomic E-state index is 0.546. The molecule has 0 saturated heterocycles.